The van der Waals surface area contributed by atoms with Gasteiger partial charge in [-0.25, -0.2) is 9.37 Å². The summed E-state index contributed by atoms with van der Waals surface area (Å²) in [6.07, 6.45) is 6.96. The summed E-state index contributed by atoms with van der Waals surface area (Å²) < 4.78 is 14.5. The van der Waals surface area contributed by atoms with E-state index in [4.69, 9.17) is 10.7 Å². The first-order chi connectivity index (χ1) is 17.6. The number of nitrogens with two attached hydrogens (primary N) is 1. The highest BCUT2D eigenvalue weighted by Crippen LogP contribution is 2.35. The fraction of sp³-hybridized carbons (Fsp3) is 0.111. The van der Waals surface area contributed by atoms with Gasteiger partial charge in [0.05, 0.1) is 41.0 Å². The molecule has 9 heteroatoms. The summed E-state index contributed by atoms with van der Waals surface area (Å²) in [6.45, 7) is 1.57. The van der Waals surface area contributed by atoms with Crippen molar-refractivity contribution in [2.75, 3.05) is 18.0 Å². The van der Waals surface area contributed by atoms with Crippen LogP contribution in [0.3, 0.4) is 0 Å². The van der Waals surface area contributed by atoms with Gasteiger partial charge >= 0.3 is 0 Å². The Bertz CT molecular complexity index is 1750. The second-order valence-electron chi connectivity index (χ2n) is 9.07. The molecule has 0 unspecified atom stereocenters. The van der Waals surface area contributed by atoms with E-state index in [-0.39, 0.29) is 11.9 Å². The Balaban J connectivity index is 1.32. The molecule has 4 aromatic heterocycles. The highest BCUT2D eigenvalue weighted by atomic mass is 19.1. The number of hydrogen-bond acceptors (Lipinski definition) is 6. The minimum Gasteiger partial charge on any atom is -0.352 e. The summed E-state index contributed by atoms with van der Waals surface area (Å²) in [7, 11) is 0. The van der Waals surface area contributed by atoms with Gasteiger partial charge in [0.2, 0.25) is 0 Å². The highest BCUT2D eigenvalue weighted by molar-refractivity contribution is 6.01. The number of aromatic nitrogens is 6. The molecule has 0 saturated carbocycles. The van der Waals surface area contributed by atoms with Gasteiger partial charge in [0.25, 0.3) is 0 Å². The van der Waals surface area contributed by atoms with Crippen LogP contribution in [0.1, 0.15) is 0 Å². The lowest BCUT2D eigenvalue weighted by atomic mass is 10.0. The standard InChI is InChI=1S/C27H21FN8/c28-21-4-2-1-3-17(21)20-9-30-11-25-18(20)8-23(32-25)27-19-7-15(5-6-22(19)34-35-27)24-10-31-12-26(33-24)36-13-16(29)14-36/h1-12,16,32H,13-14,29H2,(H,34,35). The summed E-state index contributed by atoms with van der Waals surface area (Å²) in [6, 6.07) is 15.0. The van der Waals surface area contributed by atoms with Crippen molar-refractivity contribution in [3.63, 3.8) is 0 Å². The number of H-pyrrole nitrogens is 2. The Kier molecular flexibility index (Phi) is 4.58. The van der Waals surface area contributed by atoms with Crippen molar-refractivity contribution < 1.29 is 4.39 Å². The molecule has 4 N–H and O–H groups in total. The van der Waals surface area contributed by atoms with Crippen molar-refractivity contribution in [3.05, 3.63) is 79.1 Å². The van der Waals surface area contributed by atoms with Gasteiger partial charge in [-0.15, -0.1) is 0 Å². The van der Waals surface area contributed by atoms with E-state index in [0.717, 1.165) is 68.9 Å². The van der Waals surface area contributed by atoms with E-state index in [1.54, 1.807) is 36.9 Å². The smallest absolute Gasteiger partial charge is 0.147 e. The first-order valence-corrected chi connectivity index (χ1v) is 11.7. The maximum absolute atomic E-state index is 14.5. The van der Waals surface area contributed by atoms with Gasteiger partial charge in [-0.05, 0) is 24.3 Å². The van der Waals surface area contributed by atoms with E-state index in [2.05, 4.69) is 36.1 Å². The topological polar surface area (TPSA) is 112 Å². The van der Waals surface area contributed by atoms with Gasteiger partial charge < -0.3 is 15.6 Å². The maximum atomic E-state index is 14.5. The van der Waals surface area contributed by atoms with Crippen LogP contribution >= 0.6 is 0 Å². The number of halogens is 1. The molecule has 0 aliphatic carbocycles. The number of aromatic amines is 2. The van der Waals surface area contributed by atoms with Crippen molar-refractivity contribution >= 4 is 27.6 Å². The molecule has 5 heterocycles. The largest absolute Gasteiger partial charge is 0.352 e. The molecule has 0 radical (unpaired) electrons. The minimum absolute atomic E-state index is 0.186. The summed E-state index contributed by atoms with van der Waals surface area (Å²) >= 11 is 0. The van der Waals surface area contributed by atoms with Crippen LogP contribution in [0.15, 0.2) is 73.3 Å². The van der Waals surface area contributed by atoms with Crippen LogP contribution in [0.5, 0.6) is 0 Å². The fourth-order valence-electron chi connectivity index (χ4n) is 4.80. The number of rotatable bonds is 4. The van der Waals surface area contributed by atoms with E-state index in [9.17, 15) is 4.39 Å². The van der Waals surface area contributed by atoms with Gasteiger partial charge in [0, 0.05) is 52.8 Å². The number of hydrogen-bond donors (Lipinski definition) is 3. The molecule has 7 rings (SSSR count). The molecule has 1 saturated heterocycles. The van der Waals surface area contributed by atoms with Crippen LogP contribution in [-0.4, -0.2) is 49.3 Å². The second-order valence-corrected chi connectivity index (χ2v) is 9.07. The average Bonchev–Trinajstić information content (AvgIpc) is 3.51. The SMILES string of the molecule is NC1CN(c2cncc(-c3ccc4[nH]nc(-c5cc6c(-c7ccccc7F)cncc6[nH]5)c4c3)n2)C1. The van der Waals surface area contributed by atoms with Crippen LogP contribution < -0.4 is 10.6 Å². The van der Waals surface area contributed by atoms with Crippen LogP contribution in [0.25, 0.3) is 55.6 Å². The van der Waals surface area contributed by atoms with E-state index in [1.807, 2.05) is 24.3 Å². The third-order valence-electron chi connectivity index (χ3n) is 6.68. The number of nitrogens with zero attached hydrogens (tertiary/aromatic N) is 5. The summed E-state index contributed by atoms with van der Waals surface area (Å²) in [5.41, 5.74) is 12.2. The molecule has 2 aromatic carbocycles. The number of fused-ring (bicyclic) bond motifs is 2. The molecule has 0 spiro atoms. The minimum atomic E-state index is -0.284. The summed E-state index contributed by atoms with van der Waals surface area (Å²) in [4.78, 5) is 19.1. The lowest BCUT2D eigenvalue weighted by Crippen LogP contribution is -2.56. The van der Waals surface area contributed by atoms with Crippen LogP contribution in [0.2, 0.25) is 0 Å². The quantitative estimate of drug-likeness (QED) is 0.345. The zero-order valence-electron chi connectivity index (χ0n) is 19.1. The van der Waals surface area contributed by atoms with Crippen molar-refractivity contribution in [2.24, 2.45) is 5.73 Å². The van der Waals surface area contributed by atoms with Gasteiger partial charge in [0.1, 0.15) is 17.3 Å². The molecule has 0 amide bonds. The number of pyridine rings is 1. The molecule has 36 heavy (non-hydrogen) atoms. The first kappa shape index (κ1) is 20.7. The van der Waals surface area contributed by atoms with Crippen molar-refractivity contribution in [2.45, 2.75) is 6.04 Å². The molecule has 8 nitrogen and oxygen atoms in total. The maximum Gasteiger partial charge on any atom is 0.147 e. The van der Waals surface area contributed by atoms with Gasteiger partial charge in [0.15, 0.2) is 0 Å². The third kappa shape index (κ3) is 3.32. The molecular weight excluding hydrogens is 455 g/mol. The second kappa shape index (κ2) is 7.96. The average molecular weight is 477 g/mol. The molecule has 176 valence electrons. The van der Waals surface area contributed by atoms with Crippen LogP contribution in [0.4, 0.5) is 10.2 Å². The molecule has 0 atom stereocenters. The Morgan fingerprint density at radius 1 is 0.889 bits per heavy atom. The molecule has 0 bridgehead atoms. The Hall–Kier alpha value is -4.63. The molecule has 1 aliphatic rings. The van der Waals surface area contributed by atoms with Crippen LogP contribution in [-0.2, 0) is 0 Å². The zero-order chi connectivity index (χ0) is 24.2. The summed E-state index contributed by atoms with van der Waals surface area (Å²) in [5, 5.41) is 9.52. The van der Waals surface area contributed by atoms with E-state index < -0.39 is 0 Å². The van der Waals surface area contributed by atoms with E-state index >= 15 is 0 Å². The Labute approximate surface area is 205 Å². The number of benzene rings is 2. The Morgan fingerprint density at radius 2 is 1.75 bits per heavy atom. The highest BCUT2D eigenvalue weighted by Gasteiger charge is 2.24. The fourth-order valence-corrected chi connectivity index (χ4v) is 4.80. The zero-order valence-corrected chi connectivity index (χ0v) is 19.1. The monoisotopic (exact) mass is 476 g/mol. The van der Waals surface area contributed by atoms with Gasteiger partial charge in [-0.3, -0.25) is 15.1 Å². The van der Waals surface area contributed by atoms with E-state index in [0.29, 0.717) is 5.56 Å². The van der Waals surface area contributed by atoms with E-state index in [1.165, 1.54) is 6.07 Å². The molecule has 6 aromatic rings. The lowest BCUT2D eigenvalue weighted by molar-refractivity contribution is 0.514. The number of anilines is 1. The number of nitrogens with one attached hydrogen (secondary N) is 2. The predicted octanol–water partition coefficient (Wildman–Crippen LogP) is 4.52. The van der Waals surface area contributed by atoms with Crippen molar-refractivity contribution in [1.82, 2.24) is 30.1 Å². The molecule has 1 aliphatic heterocycles. The van der Waals surface area contributed by atoms with Crippen molar-refractivity contribution in [3.8, 4) is 33.8 Å². The Morgan fingerprint density at radius 3 is 2.61 bits per heavy atom. The lowest BCUT2D eigenvalue weighted by Gasteiger charge is -2.37. The van der Waals surface area contributed by atoms with Crippen LogP contribution in [0, 0.1) is 5.82 Å². The first-order valence-electron chi connectivity index (χ1n) is 11.7. The third-order valence-corrected chi connectivity index (χ3v) is 6.68. The van der Waals surface area contributed by atoms with Gasteiger partial charge in [-0.1, -0.05) is 24.3 Å². The van der Waals surface area contributed by atoms with Crippen molar-refractivity contribution in [1.29, 1.82) is 0 Å². The normalized spacial score (nSPS) is 14.0. The predicted molar refractivity (Wildman–Crippen MR) is 138 cm³/mol. The molecular formula is C27H21FN8. The molecule has 1 fully saturated rings. The van der Waals surface area contributed by atoms with Gasteiger partial charge in [-0.2, -0.15) is 5.10 Å². The summed E-state index contributed by atoms with van der Waals surface area (Å²) in [5.74, 6) is 0.540.